The molecule has 2 N–H and O–H groups in total. The van der Waals surface area contributed by atoms with E-state index in [-0.39, 0.29) is 11.7 Å². The number of aryl methyl sites for hydroxylation is 2. The molecule has 0 aromatic heterocycles. The van der Waals surface area contributed by atoms with E-state index in [2.05, 4.69) is 10.6 Å². The molecule has 0 atom stereocenters. The fraction of sp³-hybridized carbons (Fsp3) is 0.263. The number of hydrogen-bond donors (Lipinski definition) is 2. The Kier molecular flexibility index (Phi) is 5.99. The molecule has 0 fully saturated rings. The van der Waals surface area contributed by atoms with Crippen LogP contribution >= 0.6 is 11.6 Å². The lowest BCUT2D eigenvalue weighted by Gasteiger charge is -2.12. The van der Waals surface area contributed by atoms with Crippen LogP contribution in [0, 0.1) is 13.8 Å². The zero-order valence-corrected chi connectivity index (χ0v) is 14.8. The van der Waals surface area contributed by atoms with Crippen molar-refractivity contribution in [3.8, 4) is 0 Å². The van der Waals surface area contributed by atoms with E-state index in [1.807, 2.05) is 38.1 Å². The van der Waals surface area contributed by atoms with E-state index in [4.69, 9.17) is 11.6 Å². The van der Waals surface area contributed by atoms with Crippen molar-refractivity contribution in [1.82, 2.24) is 0 Å². The van der Waals surface area contributed by atoms with E-state index >= 15 is 0 Å². The average Bonchev–Trinajstić information content (AvgIpc) is 2.51. The highest BCUT2D eigenvalue weighted by Gasteiger charge is 2.09. The molecular formula is C19H21ClN2O2. The van der Waals surface area contributed by atoms with Crippen molar-refractivity contribution < 1.29 is 9.59 Å². The summed E-state index contributed by atoms with van der Waals surface area (Å²) in [5.41, 5.74) is 4.21. The van der Waals surface area contributed by atoms with E-state index in [1.165, 1.54) is 6.92 Å². The molecule has 0 saturated carbocycles. The number of carbonyl (C=O) groups is 2. The summed E-state index contributed by atoms with van der Waals surface area (Å²) >= 11 is 6.19. The fourth-order valence-electron chi connectivity index (χ4n) is 2.42. The number of carbonyl (C=O) groups excluding carboxylic acids is 2. The van der Waals surface area contributed by atoms with Gasteiger partial charge >= 0.3 is 0 Å². The van der Waals surface area contributed by atoms with Gasteiger partial charge < -0.3 is 10.6 Å². The second-order valence-corrected chi connectivity index (χ2v) is 6.20. The van der Waals surface area contributed by atoms with Crippen molar-refractivity contribution >= 4 is 34.7 Å². The SMILES string of the molecule is CC(=O)c1ccc(NCCC(=O)Nc2c(C)cc(C)cc2Cl)cc1. The monoisotopic (exact) mass is 344 g/mol. The molecule has 24 heavy (non-hydrogen) atoms. The van der Waals surface area contributed by atoms with Crippen LogP contribution in [0.5, 0.6) is 0 Å². The number of hydrogen-bond acceptors (Lipinski definition) is 3. The Hall–Kier alpha value is -2.33. The van der Waals surface area contributed by atoms with Gasteiger partial charge in [0.2, 0.25) is 5.91 Å². The summed E-state index contributed by atoms with van der Waals surface area (Å²) in [4.78, 5) is 23.3. The minimum atomic E-state index is -0.100. The van der Waals surface area contributed by atoms with Crippen LogP contribution in [0.2, 0.25) is 5.02 Å². The van der Waals surface area contributed by atoms with Gasteiger partial charge in [0.1, 0.15) is 0 Å². The molecule has 1 amide bonds. The first-order valence-corrected chi connectivity index (χ1v) is 8.16. The van der Waals surface area contributed by atoms with Gasteiger partial charge in [0.15, 0.2) is 5.78 Å². The van der Waals surface area contributed by atoms with Gasteiger partial charge in [-0.3, -0.25) is 9.59 Å². The minimum absolute atomic E-state index is 0.0336. The zero-order valence-electron chi connectivity index (χ0n) is 14.1. The van der Waals surface area contributed by atoms with Gasteiger partial charge in [-0.25, -0.2) is 0 Å². The third-order valence-corrected chi connectivity index (χ3v) is 3.97. The van der Waals surface area contributed by atoms with Crippen LogP contribution in [0.4, 0.5) is 11.4 Å². The number of Topliss-reactive ketones (excluding diaryl/α,β-unsaturated/α-hetero) is 1. The summed E-state index contributed by atoms with van der Waals surface area (Å²) in [6, 6.07) is 11.0. The van der Waals surface area contributed by atoms with Crippen molar-refractivity contribution in [3.05, 3.63) is 58.1 Å². The third kappa shape index (κ3) is 4.83. The molecule has 126 valence electrons. The molecule has 2 rings (SSSR count). The first-order valence-electron chi connectivity index (χ1n) is 7.78. The molecule has 2 aromatic rings. The van der Waals surface area contributed by atoms with Crippen LogP contribution < -0.4 is 10.6 Å². The number of ketones is 1. The smallest absolute Gasteiger partial charge is 0.226 e. The number of amides is 1. The van der Waals surface area contributed by atoms with Crippen LogP contribution in [0.3, 0.4) is 0 Å². The number of rotatable bonds is 6. The molecule has 2 aromatic carbocycles. The molecule has 0 aliphatic rings. The lowest BCUT2D eigenvalue weighted by molar-refractivity contribution is -0.115. The number of benzene rings is 2. The summed E-state index contributed by atoms with van der Waals surface area (Å²) in [6.07, 6.45) is 0.318. The lowest BCUT2D eigenvalue weighted by Crippen LogP contribution is -2.17. The van der Waals surface area contributed by atoms with Crippen LogP contribution in [0.15, 0.2) is 36.4 Å². The maximum Gasteiger partial charge on any atom is 0.226 e. The van der Waals surface area contributed by atoms with Gasteiger partial charge in [-0.15, -0.1) is 0 Å². The van der Waals surface area contributed by atoms with Crippen molar-refractivity contribution in [2.75, 3.05) is 17.2 Å². The van der Waals surface area contributed by atoms with Crippen LogP contribution in [0.1, 0.15) is 34.8 Å². The Balaban J connectivity index is 1.86. The summed E-state index contributed by atoms with van der Waals surface area (Å²) in [7, 11) is 0. The van der Waals surface area contributed by atoms with E-state index in [1.54, 1.807) is 12.1 Å². The van der Waals surface area contributed by atoms with Crippen molar-refractivity contribution in [2.45, 2.75) is 27.2 Å². The van der Waals surface area contributed by atoms with Crippen LogP contribution in [-0.2, 0) is 4.79 Å². The van der Waals surface area contributed by atoms with Gasteiger partial charge in [-0.1, -0.05) is 17.7 Å². The summed E-state index contributed by atoms with van der Waals surface area (Å²) in [5.74, 6) is -0.0667. The second-order valence-electron chi connectivity index (χ2n) is 5.80. The van der Waals surface area contributed by atoms with Crippen molar-refractivity contribution in [3.63, 3.8) is 0 Å². The summed E-state index contributed by atoms with van der Waals surface area (Å²) in [5, 5.41) is 6.57. The van der Waals surface area contributed by atoms with Crippen LogP contribution in [-0.4, -0.2) is 18.2 Å². The van der Waals surface area contributed by atoms with Gasteiger partial charge in [0.05, 0.1) is 10.7 Å². The Morgan fingerprint density at radius 1 is 1.08 bits per heavy atom. The molecule has 0 spiro atoms. The second kappa shape index (κ2) is 7.97. The highest BCUT2D eigenvalue weighted by molar-refractivity contribution is 6.34. The van der Waals surface area contributed by atoms with Crippen LogP contribution in [0.25, 0.3) is 0 Å². The highest BCUT2D eigenvalue weighted by Crippen LogP contribution is 2.27. The Labute approximate surface area is 147 Å². The van der Waals surface area contributed by atoms with Crippen molar-refractivity contribution in [2.24, 2.45) is 0 Å². The molecule has 0 aliphatic carbocycles. The van der Waals surface area contributed by atoms with Gasteiger partial charge in [-0.2, -0.15) is 0 Å². The topological polar surface area (TPSA) is 58.2 Å². The van der Waals surface area contributed by atoms with Crippen molar-refractivity contribution in [1.29, 1.82) is 0 Å². The van der Waals surface area contributed by atoms with E-state index in [0.717, 1.165) is 16.8 Å². The normalized spacial score (nSPS) is 10.3. The zero-order chi connectivity index (χ0) is 17.7. The summed E-state index contributed by atoms with van der Waals surface area (Å²) in [6.45, 7) is 5.91. The van der Waals surface area contributed by atoms with Gasteiger partial charge in [0, 0.05) is 24.2 Å². The molecule has 0 radical (unpaired) electrons. The Bertz CT molecular complexity index is 731. The largest absolute Gasteiger partial charge is 0.385 e. The standard InChI is InChI=1S/C19H21ClN2O2/c1-12-10-13(2)19(17(20)11-12)22-18(24)8-9-21-16-6-4-15(5-7-16)14(3)23/h4-7,10-11,21H,8-9H2,1-3H3,(H,22,24). The first kappa shape index (κ1) is 18.0. The third-order valence-electron chi connectivity index (χ3n) is 3.67. The van der Waals surface area contributed by atoms with E-state index in [9.17, 15) is 9.59 Å². The molecular weight excluding hydrogens is 324 g/mol. The highest BCUT2D eigenvalue weighted by atomic mass is 35.5. The summed E-state index contributed by atoms with van der Waals surface area (Å²) < 4.78 is 0. The fourth-order valence-corrected chi connectivity index (χ4v) is 2.79. The minimum Gasteiger partial charge on any atom is -0.385 e. The Morgan fingerprint density at radius 3 is 2.33 bits per heavy atom. The Morgan fingerprint density at radius 2 is 1.75 bits per heavy atom. The average molecular weight is 345 g/mol. The molecule has 0 unspecified atom stereocenters. The molecule has 0 heterocycles. The predicted molar refractivity (Wildman–Crippen MR) is 99.1 cm³/mol. The van der Waals surface area contributed by atoms with Gasteiger partial charge in [0.25, 0.3) is 0 Å². The first-order chi connectivity index (χ1) is 11.4. The number of halogens is 1. The van der Waals surface area contributed by atoms with E-state index < -0.39 is 0 Å². The molecule has 0 saturated heterocycles. The molecule has 5 heteroatoms. The number of nitrogens with one attached hydrogen (secondary N) is 2. The van der Waals surface area contributed by atoms with Gasteiger partial charge in [-0.05, 0) is 62.2 Å². The lowest BCUT2D eigenvalue weighted by atomic mass is 10.1. The van der Waals surface area contributed by atoms with E-state index in [0.29, 0.717) is 29.2 Å². The maximum atomic E-state index is 12.1. The quantitative estimate of drug-likeness (QED) is 0.753. The predicted octanol–water partition coefficient (Wildman–Crippen LogP) is 4.60. The molecule has 0 bridgehead atoms. The molecule has 4 nitrogen and oxygen atoms in total. The molecule has 0 aliphatic heterocycles. The number of anilines is 2. The maximum absolute atomic E-state index is 12.1.